The van der Waals surface area contributed by atoms with Gasteiger partial charge in [0.15, 0.2) is 0 Å². The van der Waals surface area contributed by atoms with E-state index in [-0.39, 0.29) is 43.2 Å². The fraction of sp³-hybridized carbons (Fsp3) is 0.760. The normalized spacial score (nSPS) is 36.1. The van der Waals surface area contributed by atoms with Crippen LogP contribution in [-0.2, 0) is 24.0 Å². The first-order valence-corrected chi connectivity index (χ1v) is 12.9. The maximum absolute atomic E-state index is 14.0. The number of halogens is 3. The number of alkyl halides is 3. The fourth-order valence-corrected chi connectivity index (χ4v) is 6.68. The second-order valence-corrected chi connectivity index (χ2v) is 12.4. The Morgan fingerprint density at radius 2 is 1.69 bits per heavy atom. The molecule has 0 aromatic heterocycles. The van der Waals surface area contributed by atoms with Crippen molar-refractivity contribution in [3.63, 3.8) is 0 Å². The van der Waals surface area contributed by atoms with Crippen LogP contribution < -0.4 is 21.3 Å². The molecule has 4 fully saturated rings. The van der Waals surface area contributed by atoms with Gasteiger partial charge in [0.2, 0.25) is 23.6 Å². The van der Waals surface area contributed by atoms with Gasteiger partial charge in [0.25, 0.3) is 0 Å². The van der Waals surface area contributed by atoms with E-state index in [1.807, 2.05) is 19.9 Å². The van der Waals surface area contributed by atoms with Crippen LogP contribution in [0.1, 0.15) is 47.0 Å². The first-order valence-electron chi connectivity index (χ1n) is 12.9. The Balaban J connectivity index is 1.75. The summed E-state index contributed by atoms with van der Waals surface area (Å²) in [6, 6.07) is -2.93. The third kappa shape index (κ3) is 5.27. The SMILES string of the molecule is CC1(C)C[C@H]2CN3C(=O)[C@@H](NC(=O)C(F)(F)F)C(C)(C)CNC(=O)[C@@H]4C[C@@H](CC(C#N)NC(=O)[C@H]3[C@@H]21)C(=O)N4. The highest BCUT2D eigenvalue weighted by Gasteiger charge is 2.62. The summed E-state index contributed by atoms with van der Waals surface area (Å²) in [6.07, 6.45) is -4.59. The van der Waals surface area contributed by atoms with Gasteiger partial charge in [0.05, 0.1) is 6.07 Å². The Hall–Kier alpha value is -3.37. The van der Waals surface area contributed by atoms with E-state index in [2.05, 4.69) is 16.0 Å². The zero-order chi connectivity index (χ0) is 29.1. The predicted molar refractivity (Wildman–Crippen MR) is 128 cm³/mol. The van der Waals surface area contributed by atoms with Crippen LogP contribution in [0.4, 0.5) is 13.2 Å². The average Bonchev–Trinajstić information content (AvgIpc) is 3.36. The third-order valence-corrected chi connectivity index (χ3v) is 8.65. The van der Waals surface area contributed by atoms with E-state index >= 15 is 0 Å². The first kappa shape index (κ1) is 28.6. The molecule has 4 aliphatic rings. The minimum Gasteiger partial charge on any atom is -0.354 e. The number of amides is 5. The van der Waals surface area contributed by atoms with Crippen molar-refractivity contribution in [2.24, 2.45) is 28.6 Å². The van der Waals surface area contributed by atoms with Gasteiger partial charge in [-0.15, -0.1) is 0 Å². The van der Waals surface area contributed by atoms with Crippen molar-refractivity contribution in [3.05, 3.63) is 0 Å². The summed E-state index contributed by atoms with van der Waals surface area (Å²) in [5.74, 6) is -6.06. The van der Waals surface area contributed by atoms with Crippen LogP contribution in [-0.4, -0.2) is 77.9 Å². The summed E-state index contributed by atoms with van der Waals surface area (Å²) in [7, 11) is 0. The van der Waals surface area contributed by atoms with Gasteiger partial charge < -0.3 is 26.2 Å². The molecule has 14 heteroatoms. The summed E-state index contributed by atoms with van der Waals surface area (Å²) < 4.78 is 39.8. The molecular weight excluding hydrogens is 521 g/mol. The maximum atomic E-state index is 14.0. The molecule has 1 unspecified atom stereocenters. The van der Waals surface area contributed by atoms with Gasteiger partial charge in [0.1, 0.15) is 24.2 Å². The van der Waals surface area contributed by atoms with Crippen LogP contribution in [0.15, 0.2) is 0 Å². The van der Waals surface area contributed by atoms with E-state index < -0.39 is 71.2 Å². The molecular formula is C25H33F3N6O5. The summed E-state index contributed by atoms with van der Waals surface area (Å²) in [6.45, 7) is 6.50. The highest BCUT2D eigenvalue weighted by atomic mass is 19.4. The van der Waals surface area contributed by atoms with E-state index in [0.717, 1.165) is 0 Å². The van der Waals surface area contributed by atoms with Gasteiger partial charge in [-0.05, 0) is 36.5 Å². The third-order valence-electron chi connectivity index (χ3n) is 8.65. The van der Waals surface area contributed by atoms with Crippen molar-refractivity contribution >= 4 is 29.5 Å². The summed E-state index contributed by atoms with van der Waals surface area (Å²) in [5.41, 5.74) is -1.79. The molecule has 0 aromatic carbocycles. The average molecular weight is 555 g/mol. The number of rotatable bonds is 1. The Kier molecular flexibility index (Phi) is 7.10. The lowest BCUT2D eigenvalue weighted by molar-refractivity contribution is -0.176. The van der Waals surface area contributed by atoms with Gasteiger partial charge in [-0.1, -0.05) is 27.7 Å². The molecule has 11 nitrogen and oxygen atoms in total. The molecule has 1 aliphatic carbocycles. The molecule has 5 amide bonds. The van der Waals surface area contributed by atoms with Crippen molar-refractivity contribution in [2.45, 2.75) is 77.3 Å². The van der Waals surface area contributed by atoms with E-state index in [9.17, 15) is 42.4 Å². The van der Waals surface area contributed by atoms with Gasteiger partial charge in [-0.3, -0.25) is 24.0 Å². The Bertz CT molecular complexity index is 1130. The molecule has 214 valence electrons. The van der Waals surface area contributed by atoms with Crippen LogP contribution in [0.2, 0.25) is 0 Å². The van der Waals surface area contributed by atoms with Gasteiger partial charge in [-0.2, -0.15) is 18.4 Å². The molecule has 2 bridgehead atoms. The highest BCUT2D eigenvalue weighted by Crippen LogP contribution is 2.57. The predicted octanol–water partition coefficient (Wildman–Crippen LogP) is -0.0342. The number of fused-ring (bicyclic) bond motifs is 5. The molecule has 3 aliphatic heterocycles. The number of nitrogens with one attached hydrogen (secondary N) is 4. The van der Waals surface area contributed by atoms with Crippen LogP contribution in [0, 0.1) is 39.9 Å². The molecule has 1 saturated carbocycles. The van der Waals surface area contributed by atoms with E-state index in [0.29, 0.717) is 6.42 Å². The van der Waals surface area contributed by atoms with Crippen LogP contribution in [0.5, 0.6) is 0 Å². The fourth-order valence-electron chi connectivity index (χ4n) is 6.68. The molecule has 0 spiro atoms. The van der Waals surface area contributed by atoms with Crippen LogP contribution >= 0.6 is 0 Å². The lowest BCUT2D eigenvalue weighted by Gasteiger charge is -2.49. The Morgan fingerprint density at radius 3 is 2.28 bits per heavy atom. The molecule has 3 heterocycles. The van der Waals surface area contributed by atoms with Crippen LogP contribution in [0.3, 0.4) is 0 Å². The van der Waals surface area contributed by atoms with Gasteiger partial charge in [0, 0.05) is 24.4 Å². The van der Waals surface area contributed by atoms with Crippen LogP contribution in [0.25, 0.3) is 0 Å². The van der Waals surface area contributed by atoms with Gasteiger partial charge >= 0.3 is 12.1 Å². The molecule has 0 radical (unpaired) electrons. The van der Waals surface area contributed by atoms with Crippen molar-refractivity contribution < 1.29 is 37.1 Å². The molecule has 4 rings (SSSR count). The van der Waals surface area contributed by atoms with Crippen molar-refractivity contribution in [1.82, 2.24) is 26.2 Å². The Labute approximate surface area is 223 Å². The standard InChI is InChI=1S/C25H33F3N6O5/c1-23(2)7-12-9-34-16(15(12)23)20(37)31-13(8-29)5-11-6-14(32-18(11)35)19(36)30-10-24(3,4)17(21(34)38)33-22(39)25(26,27)28/h11-17H,5-7,9-10H2,1-4H3,(H,30,36)(H,31,37)(H,32,35)(H,33,39)/t11-,12+,13?,14+,15-,16-,17-/m1/s1. The lowest BCUT2D eigenvalue weighted by Crippen LogP contribution is -2.63. The molecule has 4 N–H and O–H groups in total. The lowest BCUT2D eigenvalue weighted by atomic mass is 9.55. The first-order chi connectivity index (χ1) is 18.0. The quantitative estimate of drug-likeness (QED) is 0.356. The summed E-state index contributed by atoms with van der Waals surface area (Å²) >= 11 is 0. The number of carbonyl (C=O) groups is 5. The number of hydrogen-bond donors (Lipinski definition) is 4. The monoisotopic (exact) mass is 554 g/mol. The largest absolute Gasteiger partial charge is 0.471 e. The highest BCUT2D eigenvalue weighted by molar-refractivity contribution is 5.95. The van der Waals surface area contributed by atoms with E-state index in [1.165, 1.54) is 18.7 Å². The number of nitrogens with zero attached hydrogens (tertiary/aromatic N) is 2. The maximum Gasteiger partial charge on any atom is 0.471 e. The van der Waals surface area contributed by atoms with E-state index in [4.69, 9.17) is 0 Å². The van der Waals surface area contributed by atoms with Crippen molar-refractivity contribution in [3.8, 4) is 6.07 Å². The zero-order valence-corrected chi connectivity index (χ0v) is 22.1. The van der Waals surface area contributed by atoms with E-state index in [1.54, 1.807) is 5.32 Å². The number of nitriles is 1. The second kappa shape index (κ2) is 9.67. The zero-order valence-electron chi connectivity index (χ0n) is 22.1. The number of carbonyl (C=O) groups excluding carboxylic acids is 5. The Morgan fingerprint density at radius 1 is 1.03 bits per heavy atom. The minimum atomic E-state index is -5.28. The second-order valence-electron chi connectivity index (χ2n) is 12.4. The molecule has 39 heavy (non-hydrogen) atoms. The topological polar surface area (TPSA) is 160 Å². The molecule has 3 saturated heterocycles. The summed E-state index contributed by atoms with van der Waals surface area (Å²) in [4.78, 5) is 66.2. The minimum absolute atomic E-state index is 0.0498. The smallest absolute Gasteiger partial charge is 0.354 e. The summed E-state index contributed by atoms with van der Waals surface area (Å²) in [5, 5.41) is 19.3. The van der Waals surface area contributed by atoms with Crippen molar-refractivity contribution in [1.29, 1.82) is 5.26 Å². The molecule has 7 atom stereocenters. The number of hydrogen-bond acceptors (Lipinski definition) is 6. The molecule has 0 aromatic rings. The van der Waals surface area contributed by atoms with Gasteiger partial charge in [-0.25, -0.2) is 0 Å². The van der Waals surface area contributed by atoms with Crippen molar-refractivity contribution in [2.75, 3.05) is 13.1 Å².